The van der Waals surface area contributed by atoms with Gasteiger partial charge >= 0.3 is 6.03 Å². The second-order valence-electron chi connectivity index (χ2n) is 7.11. The summed E-state index contributed by atoms with van der Waals surface area (Å²) in [5, 5.41) is 16.0. The van der Waals surface area contributed by atoms with E-state index in [0.717, 1.165) is 12.1 Å². The number of amides is 3. The van der Waals surface area contributed by atoms with E-state index >= 15 is 0 Å². The van der Waals surface area contributed by atoms with Crippen molar-refractivity contribution in [3.8, 4) is 0 Å². The maximum atomic E-state index is 12.9. The maximum Gasteiger partial charge on any atom is 0.319 e. The lowest BCUT2D eigenvalue weighted by Gasteiger charge is -2.19. The number of urea groups is 1. The van der Waals surface area contributed by atoms with E-state index in [1.807, 2.05) is 45.4 Å². The Morgan fingerprint density at radius 1 is 1.18 bits per heavy atom. The molecule has 9 heteroatoms. The molecule has 0 unspecified atom stereocenters. The molecule has 2 atom stereocenters. The second-order valence-corrected chi connectivity index (χ2v) is 7.11. The van der Waals surface area contributed by atoms with Crippen LogP contribution in [0.25, 0.3) is 0 Å². The van der Waals surface area contributed by atoms with Crippen molar-refractivity contribution < 1.29 is 9.59 Å². The van der Waals surface area contributed by atoms with Crippen LogP contribution in [0.2, 0.25) is 0 Å². The Bertz CT molecular complexity index is 822. The summed E-state index contributed by atoms with van der Waals surface area (Å²) in [7, 11) is 1.87. The minimum Gasteiger partial charge on any atom is -0.336 e. The van der Waals surface area contributed by atoms with Crippen molar-refractivity contribution in [1.29, 1.82) is 0 Å². The highest BCUT2D eigenvalue weighted by Crippen LogP contribution is 2.30. The number of aryl methyl sites for hydroxylation is 1. The molecule has 1 aromatic heterocycles. The molecule has 0 bridgehead atoms. The molecule has 3 amide bonds. The average Bonchev–Trinajstić information content (AvgIpc) is 3.24. The Hall–Kier alpha value is -2.58. The molecule has 8 nitrogen and oxygen atoms in total. The molecule has 3 rings (SSSR count). The van der Waals surface area contributed by atoms with E-state index in [0.29, 0.717) is 17.9 Å². The SMILES string of the molecule is CC(C)NC(=O)Nc1ccccc1NC(=O)[C@H]1CNC[C@@H]1c1cnn(C)c1.Cl. The zero-order valence-corrected chi connectivity index (χ0v) is 17.0. The standard InChI is InChI=1S/C19H26N6O2.ClH/c1-12(2)22-19(27)24-17-7-5-4-6-16(17)23-18(26)15-10-20-9-14(15)13-8-21-25(3)11-13;/h4-8,11-12,14-15,20H,9-10H2,1-3H3,(H,23,26)(H2,22,24,27);1H/t14-,15+;/m1./s1. The molecule has 1 aromatic carbocycles. The van der Waals surface area contributed by atoms with E-state index in [4.69, 9.17) is 0 Å². The number of nitrogens with one attached hydrogen (secondary N) is 4. The van der Waals surface area contributed by atoms with Crippen molar-refractivity contribution >= 4 is 35.7 Å². The summed E-state index contributed by atoms with van der Waals surface area (Å²) < 4.78 is 1.75. The van der Waals surface area contributed by atoms with Gasteiger partial charge in [-0.2, -0.15) is 5.10 Å². The van der Waals surface area contributed by atoms with E-state index in [2.05, 4.69) is 26.4 Å². The predicted molar refractivity (Wildman–Crippen MR) is 112 cm³/mol. The third-order valence-electron chi connectivity index (χ3n) is 4.56. The molecule has 28 heavy (non-hydrogen) atoms. The number of hydrogen-bond acceptors (Lipinski definition) is 4. The van der Waals surface area contributed by atoms with Crippen molar-refractivity contribution in [2.75, 3.05) is 23.7 Å². The number of carbonyl (C=O) groups excluding carboxylic acids is 2. The summed E-state index contributed by atoms with van der Waals surface area (Å²) in [4.78, 5) is 24.9. The summed E-state index contributed by atoms with van der Waals surface area (Å²) in [5.41, 5.74) is 2.19. The minimum atomic E-state index is -0.303. The Morgan fingerprint density at radius 3 is 2.46 bits per heavy atom. The molecule has 0 radical (unpaired) electrons. The molecular weight excluding hydrogens is 380 g/mol. The van der Waals surface area contributed by atoms with Crippen LogP contribution in [0.15, 0.2) is 36.7 Å². The molecule has 1 fully saturated rings. The fraction of sp³-hybridized carbons (Fsp3) is 0.421. The van der Waals surface area contributed by atoms with Crippen molar-refractivity contribution in [1.82, 2.24) is 20.4 Å². The zero-order valence-electron chi connectivity index (χ0n) is 16.2. The van der Waals surface area contributed by atoms with E-state index in [-0.39, 0.29) is 42.2 Å². The molecule has 2 heterocycles. The first kappa shape index (κ1) is 21.7. The molecule has 152 valence electrons. The topological polar surface area (TPSA) is 100 Å². The third kappa shape index (κ3) is 5.24. The van der Waals surface area contributed by atoms with Crippen LogP contribution in [0.1, 0.15) is 25.3 Å². The first-order valence-corrected chi connectivity index (χ1v) is 9.10. The van der Waals surface area contributed by atoms with Gasteiger partial charge < -0.3 is 21.3 Å². The van der Waals surface area contributed by atoms with E-state index < -0.39 is 0 Å². The molecule has 1 aliphatic rings. The van der Waals surface area contributed by atoms with Crippen LogP contribution in [0, 0.1) is 5.92 Å². The Balaban J connectivity index is 0.00000280. The molecule has 1 aliphatic heterocycles. The third-order valence-corrected chi connectivity index (χ3v) is 4.56. The fourth-order valence-electron chi connectivity index (χ4n) is 3.28. The first-order chi connectivity index (χ1) is 12.9. The second kappa shape index (κ2) is 9.57. The van der Waals surface area contributed by atoms with Crippen molar-refractivity contribution in [3.63, 3.8) is 0 Å². The van der Waals surface area contributed by atoms with Gasteiger partial charge in [0.05, 0.1) is 23.5 Å². The fourth-order valence-corrected chi connectivity index (χ4v) is 3.28. The highest BCUT2D eigenvalue weighted by molar-refractivity contribution is 6.00. The summed E-state index contributed by atoms with van der Waals surface area (Å²) in [5.74, 6) is -0.206. The smallest absolute Gasteiger partial charge is 0.319 e. The number of anilines is 2. The lowest BCUT2D eigenvalue weighted by molar-refractivity contribution is -0.119. The number of hydrogen-bond donors (Lipinski definition) is 4. The van der Waals surface area contributed by atoms with Gasteiger partial charge in [-0.3, -0.25) is 9.48 Å². The van der Waals surface area contributed by atoms with Crippen LogP contribution >= 0.6 is 12.4 Å². The van der Waals surface area contributed by atoms with E-state index in [1.54, 1.807) is 16.8 Å². The highest BCUT2D eigenvalue weighted by atomic mass is 35.5. The largest absolute Gasteiger partial charge is 0.336 e. The van der Waals surface area contributed by atoms with Crippen LogP contribution in [0.5, 0.6) is 0 Å². The Kier molecular flexibility index (Phi) is 7.42. The summed E-state index contributed by atoms with van der Waals surface area (Å²) in [6.45, 7) is 5.12. The zero-order chi connectivity index (χ0) is 19.4. The van der Waals surface area contributed by atoms with Crippen LogP contribution in [0.3, 0.4) is 0 Å². The summed E-state index contributed by atoms with van der Waals surface area (Å²) in [6, 6.07) is 6.91. The van der Waals surface area contributed by atoms with Gasteiger partial charge in [0.2, 0.25) is 5.91 Å². The van der Waals surface area contributed by atoms with Crippen LogP contribution in [0.4, 0.5) is 16.2 Å². The first-order valence-electron chi connectivity index (χ1n) is 9.10. The van der Waals surface area contributed by atoms with E-state index in [1.165, 1.54) is 0 Å². The molecule has 2 aromatic rings. The van der Waals surface area contributed by atoms with Gasteiger partial charge in [0.1, 0.15) is 0 Å². The molecule has 4 N–H and O–H groups in total. The minimum absolute atomic E-state index is 0. The van der Waals surface area contributed by atoms with E-state index in [9.17, 15) is 9.59 Å². The van der Waals surface area contributed by atoms with Gasteiger partial charge in [0.25, 0.3) is 0 Å². The van der Waals surface area contributed by atoms with Gasteiger partial charge in [-0.05, 0) is 31.5 Å². The normalized spacial score (nSPS) is 18.4. The number of carbonyl (C=O) groups is 2. The molecule has 0 saturated carbocycles. The number of aromatic nitrogens is 2. The van der Waals surface area contributed by atoms with Crippen molar-refractivity contribution in [2.45, 2.75) is 25.8 Å². The molecule has 1 saturated heterocycles. The summed E-state index contributed by atoms with van der Waals surface area (Å²) >= 11 is 0. The van der Waals surface area contributed by atoms with Gasteiger partial charge in [0.15, 0.2) is 0 Å². The number of rotatable bonds is 5. The quantitative estimate of drug-likeness (QED) is 0.612. The van der Waals surface area contributed by atoms with Gasteiger partial charge in [-0.25, -0.2) is 4.79 Å². The average molecular weight is 407 g/mol. The van der Waals surface area contributed by atoms with Gasteiger partial charge in [0, 0.05) is 38.3 Å². The van der Waals surface area contributed by atoms with Crippen molar-refractivity contribution in [3.05, 3.63) is 42.2 Å². The monoisotopic (exact) mass is 406 g/mol. The van der Waals surface area contributed by atoms with Crippen molar-refractivity contribution in [2.24, 2.45) is 13.0 Å². The van der Waals surface area contributed by atoms with Crippen LogP contribution in [-0.2, 0) is 11.8 Å². The highest BCUT2D eigenvalue weighted by Gasteiger charge is 2.35. The lowest BCUT2D eigenvalue weighted by atomic mass is 9.90. The number of para-hydroxylation sites is 2. The maximum absolute atomic E-state index is 12.9. The predicted octanol–water partition coefficient (Wildman–Crippen LogP) is 2.31. The van der Waals surface area contributed by atoms with Gasteiger partial charge in [-0.1, -0.05) is 12.1 Å². The molecular formula is C19H27ClN6O2. The summed E-state index contributed by atoms with van der Waals surface area (Å²) in [6.07, 6.45) is 3.76. The Labute approximate surface area is 170 Å². The Morgan fingerprint density at radius 2 is 1.86 bits per heavy atom. The lowest BCUT2D eigenvalue weighted by Crippen LogP contribution is -2.34. The molecule has 0 spiro atoms. The number of halogens is 1. The van der Waals surface area contributed by atoms with Crippen LogP contribution < -0.4 is 21.3 Å². The van der Waals surface area contributed by atoms with Crippen LogP contribution in [-0.4, -0.2) is 40.9 Å². The van der Waals surface area contributed by atoms with Gasteiger partial charge in [-0.15, -0.1) is 12.4 Å². The number of nitrogens with zero attached hydrogens (tertiary/aromatic N) is 2. The number of benzene rings is 1. The molecule has 0 aliphatic carbocycles.